The van der Waals surface area contributed by atoms with E-state index in [4.69, 9.17) is 9.97 Å². The fourth-order valence-electron chi connectivity index (χ4n) is 4.50. The van der Waals surface area contributed by atoms with Crippen molar-refractivity contribution in [3.63, 3.8) is 0 Å². The van der Waals surface area contributed by atoms with Gasteiger partial charge >= 0.3 is 6.18 Å². The first-order valence-corrected chi connectivity index (χ1v) is 11.7. The molecule has 0 aliphatic carbocycles. The number of carbonyl (C=O) groups excluding carboxylic acids is 1. The largest absolute Gasteiger partial charge is 0.416 e. The fraction of sp³-hybridized carbons (Fsp3) is 0.370. The minimum absolute atomic E-state index is 0.225. The van der Waals surface area contributed by atoms with Crippen molar-refractivity contribution in [2.45, 2.75) is 39.8 Å². The van der Waals surface area contributed by atoms with Crippen LogP contribution in [0.15, 0.2) is 48.5 Å². The summed E-state index contributed by atoms with van der Waals surface area (Å²) >= 11 is 0. The number of rotatable bonds is 4. The third kappa shape index (κ3) is 5.31. The van der Waals surface area contributed by atoms with Crippen LogP contribution >= 0.6 is 0 Å². The van der Waals surface area contributed by atoms with Crippen molar-refractivity contribution < 1.29 is 18.0 Å². The average molecular weight is 483 g/mol. The number of benzene rings is 2. The Kier molecular flexibility index (Phi) is 6.83. The Bertz CT molecular complexity index is 1210. The standard InChI is InChI=1S/C27H29F3N4O/c1-17(2)23-19(4)31-24(21-7-5-6-18(3)16-21)32-25(23)33-12-14-34(15-13-33)26(35)20-8-10-22(11-9-20)27(28,29)30/h5-11,16-17H,12-15H2,1-4H3. The lowest BCUT2D eigenvalue weighted by atomic mass is 10.0. The molecule has 5 nitrogen and oxygen atoms in total. The Morgan fingerprint density at radius 1 is 0.943 bits per heavy atom. The van der Waals surface area contributed by atoms with Crippen molar-refractivity contribution in [2.24, 2.45) is 0 Å². The number of nitrogens with zero attached hydrogens (tertiary/aromatic N) is 4. The number of carbonyl (C=O) groups is 1. The van der Waals surface area contributed by atoms with Gasteiger partial charge < -0.3 is 9.80 Å². The van der Waals surface area contributed by atoms with Crippen LogP contribution in [0.1, 0.15) is 52.5 Å². The van der Waals surface area contributed by atoms with Gasteiger partial charge in [-0.05, 0) is 50.1 Å². The van der Waals surface area contributed by atoms with Gasteiger partial charge in [-0.2, -0.15) is 13.2 Å². The van der Waals surface area contributed by atoms with Gasteiger partial charge in [0.2, 0.25) is 0 Å². The molecule has 0 unspecified atom stereocenters. The molecule has 35 heavy (non-hydrogen) atoms. The number of anilines is 1. The van der Waals surface area contributed by atoms with Crippen molar-refractivity contribution in [1.82, 2.24) is 14.9 Å². The zero-order valence-corrected chi connectivity index (χ0v) is 20.4. The molecule has 2 heterocycles. The van der Waals surface area contributed by atoms with Crippen LogP contribution in [0, 0.1) is 13.8 Å². The lowest BCUT2D eigenvalue weighted by molar-refractivity contribution is -0.137. The molecule has 0 atom stereocenters. The van der Waals surface area contributed by atoms with Crippen LogP contribution in [0.2, 0.25) is 0 Å². The average Bonchev–Trinajstić information content (AvgIpc) is 2.82. The first-order valence-electron chi connectivity index (χ1n) is 11.7. The summed E-state index contributed by atoms with van der Waals surface area (Å²) in [6.45, 7) is 10.3. The predicted molar refractivity (Wildman–Crippen MR) is 131 cm³/mol. The fourth-order valence-corrected chi connectivity index (χ4v) is 4.50. The number of aryl methyl sites for hydroxylation is 2. The SMILES string of the molecule is Cc1cccc(-c2nc(C)c(C(C)C)c(N3CCN(C(=O)c4ccc(C(F)(F)F)cc4)CC3)n2)c1. The van der Waals surface area contributed by atoms with Crippen molar-refractivity contribution in [2.75, 3.05) is 31.1 Å². The van der Waals surface area contributed by atoms with Crippen LogP contribution in [0.5, 0.6) is 0 Å². The van der Waals surface area contributed by atoms with Crippen LogP contribution < -0.4 is 4.90 Å². The molecule has 184 valence electrons. The van der Waals surface area contributed by atoms with E-state index >= 15 is 0 Å². The molecule has 0 N–H and O–H groups in total. The molecule has 1 fully saturated rings. The van der Waals surface area contributed by atoms with Gasteiger partial charge in [0, 0.05) is 48.6 Å². The van der Waals surface area contributed by atoms with E-state index in [1.807, 2.05) is 32.0 Å². The van der Waals surface area contributed by atoms with Crippen LogP contribution in [0.25, 0.3) is 11.4 Å². The summed E-state index contributed by atoms with van der Waals surface area (Å²) in [7, 11) is 0. The van der Waals surface area contributed by atoms with Crippen molar-refractivity contribution in [3.05, 3.63) is 76.5 Å². The number of aromatic nitrogens is 2. The lowest BCUT2D eigenvalue weighted by Gasteiger charge is -2.37. The third-order valence-electron chi connectivity index (χ3n) is 6.30. The molecule has 1 aromatic heterocycles. The summed E-state index contributed by atoms with van der Waals surface area (Å²) in [4.78, 5) is 26.5. The first-order chi connectivity index (χ1) is 16.5. The number of piperazine rings is 1. The van der Waals surface area contributed by atoms with Crippen LogP contribution in [0.3, 0.4) is 0 Å². The monoisotopic (exact) mass is 482 g/mol. The lowest BCUT2D eigenvalue weighted by Crippen LogP contribution is -2.49. The predicted octanol–water partition coefficient (Wildman–Crippen LogP) is 5.87. The maximum Gasteiger partial charge on any atom is 0.416 e. The van der Waals surface area contributed by atoms with Gasteiger partial charge in [0.15, 0.2) is 5.82 Å². The van der Waals surface area contributed by atoms with Crippen molar-refractivity contribution in [1.29, 1.82) is 0 Å². The molecule has 0 bridgehead atoms. The molecular formula is C27H29F3N4O. The molecule has 1 saturated heterocycles. The zero-order valence-electron chi connectivity index (χ0n) is 20.4. The van der Waals surface area contributed by atoms with E-state index in [0.29, 0.717) is 32.0 Å². The van der Waals surface area contributed by atoms with Gasteiger partial charge in [-0.1, -0.05) is 37.6 Å². The second kappa shape index (κ2) is 9.68. The Hall–Kier alpha value is -3.42. The smallest absolute Gasteiger partial charge is 0.353 e. The van der Waals surface area contributed by atoms with E-state index in [1.54, 1.807) is 4.90 Å². The van der Waals surface area contributed by atoms with Gasteiger partial charge in [-0.3, -0.25) is 4.79 Å². The minimum Gasteiger partial charge on any atom is -0.353 e. The summed E-state index contributed by atoms with van der Waals surface area (Å²) in [6, 6.07) is 12.5. The van der Waals surface area contributed by atoms with Gasteiger partial charge in [-0.25, -0.2) is 9.97 Å². The van der Waals surface area contributed by atoms with Gasteiger partial charge in [-0.15, -0.1) is 0 Å². The zero-order chi connectivity index (χ0) is 25.3. The first kappa shape index (κ1) is 24.7. The Labute approximate surface area is 203 Å². The van der Waals surface area contributed by atoms with Gasteiger partial charge in [0.1, 0.15) is 5.82 Å². The Balaban J connectivity index is 1.55. The molecule has 0 spiro atoms. The minimum atomic E-state index is -4.42. The number of alkyl halides is 3. The van der Waals surface area contributed by atoms with Crippen molar-refractivity contribution in [3.8, 4) is 11.4 Å². The summed E-state index contributed by atoms with van der Waals surface area (Å²) < 4.78 is 38.5. The molecule has 1 aliphatic heterocycles. The summed E-state index contributed by atoms with van der Waals surface area (Å²) in [5.74, 6) is 1.52. The molecule has 0 saturated carbocycles. The summed E-state index contributed by atoms with van der Waals surface area (Å²) in [5.41, 5.74) is 3.61. The highest BCUT2D eigenvalue weighted by molar-refractivity contribution is 5.94. The highest BCUT2D eigenvalue weighted by Gasteiger charge is 2.31. The van der Waals surface area contributed by atoms with E-state index < -0.39 is 11.7 Å². The highest BCUT2D eigenvalue weighted by atomic mass is 19.4. The molecule has 0 radical (unpaired) electrons. The molecule has 2 aromatic carbocycles. The molecule has 8 heteroatoms. The number of hydrogen-bond donors (Lipinski definition) is 0. The Morgan fingerprint density at radius 3 is 2.17 bits per heavy atom. The highest BCUT2D eigenvalue weighted by Crippen LogP contribution is 2.32. The summed E-state index contributed by atoms with van der Waals surface area (Å²) in [5, 5.41) is 0. The maximum absolute atomic E-state index is 12.9. The van der Waals surface area contributed by atoms with Crippen LogP contribution in [-0.4, -0.2) is 47.0 Å². The van der Waals surface area contributed by atoms with Crippen LogP contribution in [0.4, 0.5) is 19.0 Å². The maximum atomic E-state index is 12.9. The molecular weight excluding hydrogens is 453 g/mol. The topological polar surface area (TPSA) is 49.3 Å². The van der Waals surface area contributed by atoms with E-state index in [-0.39, 0.29) is 17.4 Å². The number of halogens is 3. The summed E-state index contributed by atoms with van der Waals surface area (Å²) in [6.07, 6.45) is -4.42. The Morgan fingerprint density at radius 2 is 1.60 bits per heavy atom. The second-order valence-corrected chi connectivity index (χ2v) is 9.25. The molecule has 4 rings (SSSR count). The molecule has 1 amide bonds. The molecule has 3 aromatic rings. The number of amides is 1. The molecule has 1 aliphatic rings. The van der Waals surface area contributed by atoms with E-state index in [2.05, 4.69) is 24.8 Å². The number of hydrogen-bond acceptors (Lipinski definition) is 4. The van der Waals surface area contributed by atoms with Crippen molar-refractivity contribution >= 4 is 11.7 Å². The second-order valence-electron chi connectivity index (χ2n) is 9.25. The quantitative estimate of drug-likeness (QED) is 0.467. The van der Waals surface area contributed by atoms with E-state index in [1.165, 1.54) is 12.1 Å². The van der Waals surface area contributed by atoms with Crippen LogP contribution in [-0.2, 0) is 6.18 Å². The van der Waals surface area contributed by atoms with E-state index in [9.17, 15) is 18.0 Å². The third-order valence-corrected chi connectivity index (χ3v) is 6.30. The van der Waals surface area contributed by atoms with Gasteiger partial charge in [0.25, 0.3) is 5.91 Å². The van der Waals surface area contributed by atoms with E-state index in [0.717, 1.165) is 40.3 Å². The van der Waals surface area contributed by atoms with Gasteiger partial charge in [0.05, 0.1) is 5.56 Å². The normalized spacial score (nSPS) is 14.5.